The fraction of sp³-hybridized carbons (Fsp3) is 0.800. The molecule has 130 valence electrons. The molecule has 0 aliphatic carbocycles. The Morgan fingerprint density at radius 1 is 1.39 bits per heavy atom. The van der Waals surface area contributed by atoms with Crippen molar-refractivity contribution in [3.8, 4) is 0 Å². The van der Waals surface area contributed by atoms with Gasteiger partial charge in [0.2, 0.25) is 0 Å². The Kier molecular flexibility index (Phi) is 4.78. The third-order valence-electron chi connectivity index (χ3n) is 5.30. The standard InChI is InChI=1S/C15H25N3O4S/c1-17-9-14(16-12-17)23(19,20)18-6-3-15(4-7-18)5-8-22-11-13(15)10-21-2/h9,12-13H,3-8,10-11H2,1-2H3/t13-/m0/s1. The van der Waals surface area contributed by atoms with Gasteiger partial charge in [-0.05, 0) is 24.7 Å². The lowest BCUT2D eigenvalue weighted by atomic mass is 9.66. The van der Waals surface area contributed by atoms with Crippen LogP contribution in [0, 0.1) is 11.3 Å². The summed E-state index contributed by atoms with van der Waals surface area (Å²) in [6.07, 6.45) is 5.78. The highest BCUT2D eigenvalue weighted by atomic mass is 32.2. The molecule has 1 aromatic heterocycles. The first-order chi connectivity index (χ1) is 11.0. The van der Waals surface area contributed by atoms with E-state index < -0.39 is 10.0 Å². The predicted octanol–water partition coefficient (Wildman–Crippen LogP) is 0.874. The Morgan fingerprint density at radius 3 is 2.74 bits per heavy atom. The van der Waals surface area contributed by atoms with Gasteiger partial charge in [-0.1, -0.05) is 0 Å². The van der Waals surface area contributed by atoms with E-state index in [4.69, 9.17) is 9.47 Å². The molecule has 1 spiro atoms. The van der Waals surface area contributed by atoms with Crippen molar-refractivity contribution in [2.24, 2.45) is 18.4 Å². The summed E-state index contributed by atoms with van der Waals surface area (Å²) in [6, 6.07) is 0. The molecule has 2 aliphatic heterocycles. The summed E-state index contributed by atoms with van der Waals surface area (Å²) in [5, 5.41) is 0.136. The first kappa shape index (κ1) is 16.9. The zero-order valence-electron chi connectivity index (χ0n) is 13.8. The van der Waals surface area contributed by atoms with Crippen molar-refractivity contribution in [3.63, 3.8) is 0 Å². The highest BCUT2D eigenvalue weighted by Crippen LogP contribution is 2.45. The molecule has 0 amide bonds. The van der Waals surface area contributed by atoms with Gasteiger partial charge in [-0.3, -0.25) is 0 Å². The number of methoxy groups -OCH3 is 1. The van der Waals surface area contributed by atoms with E-state index in [0.29, 0.717) is 32.2 Å². The molecule has 0 radical (unpaired) electrons. The number of piperidine rings is 1. The molecule has 0 bridgehead atoms. The monoisotopic (exact) mass is 343 g/mol. The van der Waals surface area contributed by atoms with Gasteiger partial charge in [-0.15, -0.1) is 0 Å². The van der Waals surface area contributed by atoms with Crippen LogP contribution in [0.4, 0.5) is 0 Å². The van der Waals surface area contributed by atoms with Crippen LogP contribution in [-0.4, -0.2) is 62.3 Å². The van der Waals surface area contributed by atoms with Gasteiger partial charge in [-0.2, -0.15) is 4.31 Å². The van der Waals surface area contributed by atoms with Crippen molar-refractivity contribution in [2.45, 2.75) is 24.3 Å². The smallest absolute Gasteiger partial charge is 0.262 e. The van der Waals surface area contributed by atoms with Crippen LogP contribution in [0.25, 0.3) is 0 Å². The Labute approximate surface area is 137 Å². The third-order valence-corrected chi connectivity index (χ3v) is 7.09. The molecule has 2 aliphatic rings. The van der Waals surface area contributed by atoms with Crippen LogP contribution in [0.5, 0.6) is 0 Å². The second kappa shape index (κ2) is 6.51. The van der Waals surface area contributed by atoms with E-state index in [9.17, 15) is 8.42 Å². The quantitative estimate of drug-likeness (QED) is 0.811. The SMILES string of the molecule is COC[C@H]1COCCC12CCN(S(=O)(=O)c1cn(C)cn1)CC2. The largest absolute Gasteiger partial charge is 0.384 e. The van der Waals surface area contributed by atoms with E-state index in [0.717, 1.165) is 25.9 Å². The highest BCUT2D eigenvalue weighted by molar-refractivity contribution is 7.89. The summed E-state index contributed by atoms with van der Waals surface area (Å²) < 4.78 is 39.5. The van der Waals surface area contributed by atoms with E-state index in [1.807, 2.05) is 0 Å². The molecule has 0 unspecified atom stereocenters. The lowest BCUT2D eigenvalue weighted by Crippen LogP contribution is -2.50. The molecule has 8 heteroatoms. The zero-order valence-corrected chi connectivity index (χ0v) is 14.6. The first-order valence-corrected chi connectivity index (χ1v) is 9.47. The molecule has 3 heterocycles. The molecule has 7 nitrogen and oxygen atoms in total. The van der Waals surface area contributed by atoms with E-state index >= 15 is 0 Å². The summed E-state index contributed by atoms with van der Waals surface area (Å²) in [4.78, 5) is 4.00. The Balaban J connectivity index is 1.72. The molecule has 0 aromatic carbocycles. The van der Waals surface area contributed by atoms with Gasteiger partial charge in [0.25, 0.3) is 10.0 Å². The lowest BCUT2D eigenvalue weighted by molar-refractivity contribution is -0.0881. The minimum Gasteiger partial charge on any atom is -0.384 e. The van der Waals surface area contributed by atoms with Gasteiger partial charge < -0.3 is 14.0 Å². The van der Waals surface area contributed by atoms with Gasteiger partial charge in [0.15, 0.2) is 5.03 Å². The van der Waals surface area contributed by atoms with Crippen LogP contribution in [0.1, 0.15) is 19.3 Å². The maximum atomic E-state index is 12.7. The molecule has 3 rings (SSSR count). The first-order valence-electron chi connectivity index (χ1n) is 8.03. The molecule has 1 aromatic rings. The number of hydrogen-bond acceptors (Lipinski definition) is 5. The van der Waals surface area contributed by atoms with Crippen LogP contribution in [-0.2, 0) is 26.5 Å². The fourth-order valence-corrected chi connectivity index (χ4v) is 5.20. The van der Waals surface area contributed by atoms with E-state index in [2.05, 4.69) is 4.98 Å². The number of aromatic nitrogens is 2. The van der Waals surface area contributed by atoms with Crippen molar-refractivity contribution in [1.82, 2.24) is 13.9 Å². The molecule has 0 saturated carbocycles. The minimum atomic E-state index is -3.49. The summed E-state index contributed by atoms with van der Waals surface area (Å²) in [6.45, 7) is 3.22. The van der Waals surface area contributed by atoms with Gasteiger partial charge in [0.05, 0.1) is 19.5 Å². The third kappa shape index (κ3) is 3.17. The van der Waals surface area contributed by atoms with Crippen molar-refractivity contribution in [2.75, 3.05) is 40.0 Å². The second-order valence-corrected chi connectivity index (χ2v) is 8.51. The zero-order chi connectivity index (χ0) is 16.5. The average molecular weight is 343 g/mol. The van der Waals surface area contributed by atoms with Gasteiger partial charge in [0, 0.05) is 46.0 Å². The molecule has 1 atom stereocenters. The van der Waals surface area contributed by atoms with E-state index in [1.165, 1.54) is 6.33 Å². The Morgan fingerprint density at radius 2 is 2.13 bits per heavy atom. The Hall–Kier alpha value is -0.960. The predicted molar refractivity (Wildman–Crippen MR) is 84.4 cm³/mol. The van der Waals surface area contributed by atoms with E-state index in [1.54, 1.807) is 29.2 Å². The number of ether oxygens (including phenoxy) is 2. The normalized spacial score (nSPS) is 25.7. The van der Waals surface area contributed by atoms with Crippen molar-refractivity contribution < 1.29 is 17.9 Å². The molecule has 2 saturated heterocycles. The van der Waals surface area contributed by atoms with Crippen LogP contribution in [0.2, 0.25) is 0 Å². The van der Waals surface area contributed by atoms with Crippen LogP contribution >= 0.6 is 0 Å². The fourth-order valence-electron chi connectivity index (χ4n) is 3.79. The number of sulfonamides is 1. The van der Waals surface area contributed by atoms with Crippen LogP contribution in [0.3, 0.4) is 0 Å². The van der Waals surface area contributed by atoms with Crippen molar-refractivity contribution >= 4 is 10.0 Å². The highest BCUT2D eigenvalue weighted by Gasteiger charge is 2.45. The second-order valence-electron chi connectivity index (χ2n) is 6.62. The lowest BCUT2D eigenvalue weighted by Gasteiger charge is -2.48. The number of rotatable bonds is 4. The number of hydrogen-bond donors (Lipinski definition) is 0. The van der Waals surface area contributed by atoms with Gasteiger partial charge in [0.1, 0.15) is 0 Å². The molecular weight excluding hydrogens is 318 g/mol. The number of aryl methyl sites for hydroxylation is 1. The topological polar surface area (TPSA) is 73.7 Å². The van der Waals surface area contributed by atoms with Gasteiger partial charge >= 0.3 is 0 Å². The summed E-state index contributed by atoms with van der Waals surface area (Å²) in [7, 11) is -0.00372. The number of imidazole rings is 1. The maximum absolute atomic E-state index is 12.7. The molecule has 2 fully saturated rings. The summed E-state index contributed by atoms with van der Waals surface area (Å²) in [5.41, 5.74) is 0.143. The minimum absolute atomic E-state index is 0.136. The van der Waals surface area contributed by atoms with Crippen molar-refractivity contribution in [1.29, 1.82) is 0 Å². The van der Waals surface area contributed by atoms with Gasteiger partial charge in [-0.25, -0.2) is 13.4 Å². The average Bonchev–Trinajstić information content (AvgIpc) is 2.98. The molecule has 0 N–H and O–H groups in total. The van der Waals surface area contributed by atoms with E-state index in [-0.39, 0.29) is 10.4 Å². The number of nitrogens with zero attached hydrogens (tertiary/aromatic N) is 3. The molecular formula is C15H25N3O4S. The Bertz CT molecular complexity index is 633. The summed E-state index contributed by atoms with van der Waals surface area (Å²) in [5.74, 6) is 0.348. The van der Waals surface area contributed by atoms with Crippen LogP contribution < -0.4 is 0 Å². The van der Waals surface area contributed by atoms with Crippen molar-refractivity contribution in [3.05, 3.63) is 12.5 Å². The summed E-state index contributed by atoms with van der Waals surface area (Å²) >= 11 is 0. The molecule has 23 heavy (non-hydrogen) atoms. The van der Waals surface area contributed by atoms with Crippen LogP contribution in [0.15, 0.2) is 17.6 Å². The maximum Gasteiger partial charge on any atom is 0.262 e.